The van der Waals surface area contributed by atoms with Crippen molar-refractivity contribution in [2.24, 2.45) is 5.92 Å². The van der Waals surface area contributed by atoms with Gasteiger partial charge in [-0.05, 0) is 38.0 Å². The van der Waals surface area contributed by atoms with Gasteiger partial charge in [0.1, 0.15) is 5.69 Å². The quantitative estimate of drug-likeness (QED) is 0.910. The first-order valence-electron chi connectivity index (χ1n) is 9.49. The number of hydrogen-bond donors (Lipinski definition) is 1. The smallest absolute Gasteiger partial charge is 0.271 e. The fourth-order valence-corrected chi connectivity index (χ4v) is 3.90. The Morgan fingerprint density at radius 3 is 2.60 bits per heavy atom. The molecule has 1 atom stereocenters. The molecule has 1 unspecified atom stereocenters. The van der Waals surface area contributed by atoms with Crippen molar-refractivity contribution in [1.29, 1.82) is 0 Å². The molecule has 0 spiro atoms. The topological polar surface area (TPSA) is 75.2 Å². The zero-order chi connectivity index (χ0) is 17.6. The Balaban J connectivity index is 1.53. The van der Waals surface area contributed by atoms with Crippen LogP contribution >= 0.6 is 0 Å². The van der Waals surface area contributed by atoms with E-state index in [4.69, 9.17) is 0 Å². The molecule has 1 aromatic rings. The summed E-state index contributed by atoms with van der Waals surface area (Å²) in [6.07, 6.45) is 12.0. The van der Waals surface area contributed by atoms with Crippen molar-refractivity contribution in [3.63, 3.8) is 0 Å². The lowest BCUT2D eigenvalue weighted by molar-refractivity contribution is -0.130. The summed E-state index contributed by atoms with van der Waals surface area (Å²) < 4.78 is 0. The van der Waals surface area contributed by atoms with E-state index in [1.54, 1.807) is 19.3 Å². The molecule has 1 saturated heterocycles. The van der Waals surface area contributed by atoms with E-state index < -0.39 is 0 Å². The van der Waals surface area contributed by atoms with Gasteiger partial charge >= 0.3 is 0 Å². The largest absolute Gasteiger partial charge is 0.348 e. The zero-order valence-electron chi connectivity index (χ0n) is 15.0. The molecule has 2 aliphatic rings. The summed E-state index contributed by atoms with van der Waals surface area (Å²) in [4.78, 5) is 34.5. The van der Waals surface area contributed by atoms with E-state index in [0.29, 0.717) is 11.6 Å². The van der Waals surface area contributed by atoms with Crippen molar-refractivity contribution in [3.8, 4) is 0 Å². The van der Waals surface area contributed by atoms with Crippen molar-refractivity contribution < 1.29 is 9.59 Å². The zero-order valence-corrected chi connectivity index (χ0v) is 15.0. The highest BCUT2D eigenvalue weighted by molar-refractivity contribution is 5.92. The van der Waals surface area contributed by atoms with Crippen LogP contribution in [-0.4, -0.2) is 45.8 Å². The number of aromatic nitrogens is 2. The molecule has 1 saturated carbocycles. The van der Waals surface area contributed by atoms with E-state index in [1.165, 1.54) is 19.3 Å². The lowest BCUT2D eigenvalue weighted by Crippen LogP contribution is -2.39. The average molecular weight is 344 g/mol. The molecule has 1 aromatic heterocycles. The van der Waals surface area contributed by atoms with Crippen molar-refractivity contribution in [1.82, 2.24) is 20.2 Å². The number of nitrogens with one attached hydrogen (secondary N) is 1. The Kier molecular flexibility index (Phi) is 6.00. The summed E-state index contributed by atoms with van der Waals surface area (Å²) in [6.45, 7) is 3.28. The highest BCUT2D eigenvalue weighted by atomic mass is 16.2. The van der Waals surface area contributed by atoms with Gasteiger partial charge in [0.25, 0.3) is 5.91 Å². The molecule has 1 aliphatic carbocycles. The third kappa shape index (κ3) is 5.00. The maximum absolute atomic E-state index is 12.3. The lowest BCUT2D eigenvalue weighted by atomic mass is 9.93. The third-order valence-corrected chi connectivity index (χ3v) is 5.34. The maximum atomic E-state index is 12.3. The van der Waals surface area contributed by atoms with Crippen LogP contribution in [0.5, 0.6) is 0 Å². The van der Waals surface area contributed by atoms with Crippen LogP contribution in [0, 0.1) is 5.92 Å². The van der Waals surface area contributed by atoms with E-state index >= 15 is 0 Å². The van der Waals surface area contributed by atoms with Gasteiger partial charge in [-0.25, -0.2) is 4.98 Å². The summed E-state index contributed by atoms with van der Waals surface area (Å²) in [7, 11) is 0. The first-order chi connectivity index (χ1) is 12.1. The summed E-state index contributed by atoms with van der Waals surface area (Å²) >= 11 is 0. The maximum Gasteiger partial charge on any atom is 0.271 e. The Morgan fingerprint density at radius 1 is 1.12 bits per heavy atom. The van der Waals surface area contributed by atoms with Crippen LogP contribution in [0.2, 0.25) is 0 Å². The molecule has 6 heteroatoms. The molecule has 2 amide bonds. The van der Waals surface area contributed by atoms with Crippen molar-refractivity contribution in [2.45, 2.75) is 64.3 Å². The van der Waals surface area contributed by atoms with Gasteiger partial charge in [0.2, 0.25) is 5.91 Å². The standard InChI is InChI=1S/C19H28N4O2/c1-14(24)23-9-5-6-15(13-23)10-17-11-21-18(12-20-17)19(25)22-16-7-3-2-4-8-16/h11-12,15-16H,2-10,13H2,1H3,(H,22,25). The number of likely N-dealkylation sites (tertiary alicyclic amines) is 1. The van der Waals surface area contributed by atoms with Crippen LogP contribution in [-0.2, 0) is 11.2 Å². The minimum atomic E-state index is -0.119. The van der Waals surface area contributed by atoms with Crippen LogP contribution in [0.4, 0.5) is 0 Å². The molecule has 25 heavy (non-hydrogen) atoms. The SMILES string of the molecule is CC(=O)N1CCCC(Cc2cnc(C(=O)NC3CCCCC3)cn2)C1. The second-order valence-corrected chi connectivity index (χ2v) is 7.38. The fourth-order valence-electron chi connectivity index (χ4n) is 3.90. The fraction of sp³-hybridized carbons (Fsp3) is 0.684. The third-order valence-electron chi connectivity index (χ3n) is 5.34. The minimum Gasteiger partial charge on any atom is -0.348 e. The molecular formula is C19H28N4O2. The van der Waals surface area contributed by atoms with Gasteiger partial charge in [-0.1, -0.05) is 19.3 Å². The van der Waals surface area contributed by atoms with Crippen molar-refractivity contribution in [3.05, 3.63) is 23.8 Å². The Morgan fingerprint density at radius 2 is 1.92 bits per heavy atom. The van der Waals surface area contributed by atoms with Crippen molar-refractivity contribution in [2.75, 3.05) is 13.1 Å². The van der Waals surface area contributed by atoms with Crippen LogP contribution < -0.4 is 5.32 Å². The average Bonchev–Trinajstić information content (AvgIpc) is 2.63. The molecule has 2 heterocycles. The predicted octanol–water partition coefficient (Wildman–Crippen LogP) is 2.34. The van der Waals surface area contributed by atoms with Gasteiger partial charge in [-0.3, -0.25) is 14.6 Å². The van der Waals surface area contributed by atoms with Crippen LogP contribution in [0.15, 0.2) is 12.4 Å². The Labute approximate surface area is 149 Å². The van der Waals surface area contributed by atoms with Crippen LogP contribution in [0.25, 0.3) is 0 Å². The highest BCUT2D eigenvalue weighted by Crippen LogP contribution is 2.20. The van der Waals surface area contributed by atoms with Crippen LogP contribution in [0.3, 0.4) is 0 Å². The van der Waals surface area contributed by atoms with Gasteiger partial charge in [0, 0.05) is 32.3 Å². The molecule has 136 valence electrons. The monoisotopic (exact) mass is 344 g/mol. The molecule has 1 N–H and O–H groups in total. The molecule has 1 aliphatic heterocycles. The van der Waals surface area contributed by atoms with E-state index in [1.807, 2.05) is 4.90 Å². The van der Waals surface area contributed by atoms with Gasteiger partial charge in [0.05, 0.1) is 11.9 Å². The number of rotatable bonds is 4. The van der Waals surface area contributed by atoms with E-state index in [0.717, 1.165) is 50.9 Å². The first kappa shape index (κ1) is 17.8. The number of carbonyl (C=O) groups excluding carboxylic acids is 2. The molecular weight excluding hydrogens is 316 g/mol. The number of carbonyl (C=O) groups is 2. The summed E-state index contributed by atoms with van der Waals surface area (Å²) in [5.41, 5.74) is 1.29. The highest BCUT2D eigenvalue weighted by Gasteiger charge is 2.22. The predicted molar refractivity (Wildman–Crippen MR) is 95.1 cm³/mol. The Hall–Kier alpha value is -1.98. The molecule has 2 fully saturated rings. The van der Waals surface area contributed by atoms with E-state index in [9.17, 15) is 9.59 Å². The first-order valence-corrected chi connectivity index (χ1v) is 9.49. The summed E-state index contributed by atoms with van der Waals surface area (Å²) in [5, 5.41) is 3.07. The van der Waals surface area contributed by atoms with Gasteiger partial charge in [-0.15, -0.1) is 0 Å². The molecule has 0 radical (unpaired) electrons. The number of hydrogen-bond acceptors (Lipinski definition) is 4. The minimum absolute atomic E-state index is 0.119. The normalized spacial score (nSPS) is 21.8. The number of amides is 2. The Bertz CT molecular complexity index is 596. The van der Waals surface area contributed by atoms with Crippen molar-refractivity contribution >= 4 is 11.8 Å². The number of nitrogens with zero attached hydrogens (tertiary/aromatic N) is 3. The second kappa shape index (κ2) is 8.41. The second-order valence-electron chi connectivity index (χ2n) is 7.38. The van der Waals surface area contributed by atoms with Gasteiger partial charge in [0.15, 0.2) is 0 Å². The summed E-state index contributed by atoms with van der Waals surface area (Å²) in [6, 6.07) is 0.280. The van der Waals surface area contributed by atoms with Gasteiger partial charge in [-0.2, -0.15) is 0 Å². The molecule has 0 bridgehead atoms. The molecule has 0 aromatic carbocycles. The molecule has 6 nitrogen and oxygen atoms in total. The lowest BCUT2D eigenvalue weighted by Gasteiger charge is -2.31. The van der Waals surface area contributed by atoms with E-state index in [2.05, 4.69) is 15.3 Å². The van der Waals surface area contributed by atoms with E-state index in [-0.39, 0.29) is 17.9 Å². The van der Waals surface area contributed by atoms with Gasteiger partial charge < -0.3 is 10.2 Å². The number of piperidine rings is 1. The molecule has 3 rings (SSSR count). The van der Waals surface area contributed by atoms with Crippen LogP contribution in [0.1, 0.15) is 68.1 Å². The summed E-state index contributed by atoms with van der Waals surface area (Å²) in [5.74, 6) is 0.450.